The molecule has 1 amide bonds. The van der Waals surface area contributed by atoms with Gasteiger partial charge in [-0.15, -0.1) is 0 Å². The van der Waals surface area contributed by atoms with E-state index in [1.54, 1.807) is 0 Å². The van der Waals surface area contributed by atoms with E-state index in [2.05, 4.69) is 15.2 Å². The Morgan fingerprint density at radius 2 is 2.00 bits per heavy atom. The van der Waals surface area contributed by atoms with E-state index in [0.717, 1.165) is 16.5 Å². The minimum atomic E-state index is -0.511. The summed E-state index contributed by atoms with van der Waals surface area (Å²) >= 11 is 0. The highest BCUT2D eigenvalue weighted by atomic mass is 16.5. The molecule has 1 aromatic carbocycles. The molecule has 0 radical (unpaired) electrons. The molecule has 7 heteroatoms. The molecule has 0 spiro atoms. The largest absolute Gasteiger partial charge is 0.464 e. The van der Waals surface area contributed by atoms with Crippen molar-refractivity contribution in [1.82, 2.24) is 9.88 Å². The number of anilines is 1. The van der Waals surface area contributed by atoms with Crippen molar-refractivity contribution in [1.29, 1.82) is 0 Å². The summed E-state index contributed by atoms with van der Waals surface area (Å²) in [7, 11) is 1.32. The van der Waals surface area contributed by atoms with Crippen LogP contribution in [0.15, 0.2) is 18.2 Å². The number of carbonyl (C=O) groups excluding carboxylic acids is 2. The van der Waals surface area contributed by atoms with Crippen molar-refractivity contribution in [3.8, 4) is 0 Å². The summed E-state index contributed by atoms with van der Waals surface area (Å²) in [5, 5.41) is 3.68. The van der Waals surface area contributed by atoms with Gasteiger partial charge in [0.2, 0.25) is 5.91 Å². The number of carbonyl (C=O) groups is 2. The number of morpholine rings is 1. The van der Waals surface area contributed by atoms with Crippen LogP contribution in [0.3, 0.4) is 0 Å². The highest BCUT2D eigenvalue weighted by Gasteiger charge is 2.25. The average Bonchev–Trinajstić information content (AvgIpc) is 2.90. The Bertz CT molecular complexity index is 820. The molecular weight excluding hydrogens is 334 g/mol. The molecule has 0 bridgehead atoms. The fraction of sp³-hybridized carbons (Fsp3) is 0.474. The van der Waals surface area contributed by atoms with E-state index in [9.17, 15) is 9.59 Å². The Balaban J connectivity index is 1.82. The minimum absolute atomic E-state index is 0.0910. The van der Waals surface area contributed by atoms with Crippen molar-refractivity contribution in [2.75, 3.05) is 32.1 Å². The number of aromatic nitrogens is 1. The van der Waals surface area contributed by atoms with Crippen LogP contribution in [0.5, 0.6) is 0 Å². The zero-order valence-corrected chi connectivity index (χ0v) is 15.6. The normalized spacial score (nSPS) is 20.9. The van der Waals surface area contributed by atoms with Crippen molar-refractivity contribution in [2.45, 2.75) is 33.0 Å². The van der Waals surface area contributed by atoms with E-state index in [1.165, 1.54) is 7.11 Å². The third-order valence-corrected chi connectivity index (χ3v) is 4.47. The van der Waals surface area contributed by atoms with Crippen LogP contribution in [0.1, 0.15) is 29.9 Å². The average molecular weight is 359 g/mol. The van der Waals surface area contributed by atoms with Gasteiger partial charge < -0.3 is 19.8 Å². The summed E-state index contributed by atoms with van der Waals surface area (Å²) in [5.74, 6) is -0.680. The lowest BCUT2D eigenvalue weighted by atomic mass is 10.1. The molecule has 2 heterocycles. The van der Waals surface area contributed by atoms with Gasteiger partial charge in [-0.25, -0.2) is 4.79 Å². The molecule has 0 saturated carbocycles. The van der Waals surface area contributed by atoms with Crippen molar-refractivity contribution >= 4 is 28.5 Å². The van der Waals surface area contributed by atoms with E-state index in [1.807, 2.05) is 39.0 Å². The molecule has 1 aliphatic heterocycles. The topological polar surface area (TPSA) is 83.7 Å². The summed E-state index contributed by atoms with van der Waals surface area (Å²) in [6, 6.07) is 5.77. The maximum atomic E-state index is 12.6. The molecule has 1 aromatic heterocycles. The van der Waals surface area contributed by atoms with Crippen molar-refractivity contribution in [3.63, 3.8) is 0 Å². The Morgan fingerprint density at radius 1 is 1.31 bits per heavy atom. The third kappa shape index (κ3) is 3.89. The molecule has 7 nitrogen and oxygen atoms in total. The molecule has 26 heavy (non-hydrogen) atoms. The number of nitrogens with zero attached hydrogens (tertiary/aromatic N) is 1. The number of aryl methyl sites for hydroxylation is 1. The van der Waals surface area contributed by atoms with Crippen molar-refractivity contribution in [3.05, 3.63) is 29.5 Å². The first-order chi connectivity index (χ1) is 12.4. The fourth-order valence-corrected chi connectivity index (χ4v) is 3.49. The second-order valence-corrected chi connectivity index (χ2v) is 6.92. The van der Waals surface area contributed by atoms with E-state index in [0.29, 0.717) is 18.8 Å². The molecular formula is C19H25N3O4. The van der Waals surface area contributed by atoms with Gasteiger partial charge >= 0.3 is 5.97 Å². The number of ether oxygens (including phenoxy) is 2. The van der Waals surface area contributed by atoms with Gasteiger partial charge in [0.05, 0.1) is 31.5 Å². The van der Waals surface area contributed by atoms with Crippen LogP contribution < -0.4 is 5.32 Å². The van der Waals surface area contributed by atoms with Crippen LogP contribution in [-0.2, 0) is 14.3 Å². The Morgan fingerprint density at radius 3 is 2.65 bits per heavy atom. The number of nitrogens with one attached hydrogen (secondary N) is 2. The summed E-state index contributed by atoms with van der Waals surface area (Å²) in [4.78, 5) is 29.8. The highest BCUT2D eigenvalue weighted by molar-refractivity contribution is 6.11. The smallest absolute Gasteiger partial charge is 0.356 e. The quantitative estimate of drug-likeness (QED) is 0.819. The maximum Gasteiger partial charge on any atom is 0.356 e. The molecule has 2 unspecified atom stereocenters. The second kappa shape index (κ2) is 7.47. The standard InChI is InChI=1S/C19H25N3O4/c1-11-5-6-14-15(7-11)20-18(19(24)25-4)17(14)21-16(23)10-22-8-12(2)26-13(3)9-22/h5-7,12-13,20H,8-10H2,1-4H3,(H,21,23). The molecule has 2 N–H and O–H groups in total. The predicted octanol–water partition coefficient (Wildman–Crippen LogP) is 2.31. The van der Waals surface area contributed by atoms with Gasteiger partial charge in [0.1, 0.15) is 5.69 Å². The number of rotatable bonds is 4. The van der Waals surface area contributed by atoms with Gasteiger partial charge in [-0.3, -0.25) is 9.69 Å². The number of aromatic amines is 1. The number of hydrogen-bond donors (Lipinski definition) is 2. The third-order valence-electron chi connectivity index (χ3n) is 4.47. The first-order valence-electron chi connectivity index (χ1n) is 8.75. The lowest BCUT2D eigenvalue weighted by Crippen LogP contribution is -2.48. The maximum absolute atomic E-state index is 12.6. The van der Waals surface area contributed by atoms with Gasteiger partial charge in [0.25, 0.3) is 0 Å². The first-order valence-corrected chi connectivity index (χ1v) is 8.75. The van der Waals surface area contributed by atoms with Crippen molar-refractivity contribution < 1.29 is 19.1 Å². The highest BCUT2D eigenvalue weighted by Crippen LogP contribution is 2.29. The van der Waals surface area contributed by atoms with E-state index in [-0.39, 0.29) is 30.4 Å². The van der Waals surface area contributed by atoms with Gasteiger partial charge in [-0.1, -0.05) is 12.1 Å². The first kappa shape index (κ1) is 18.4. The summed E-state index contributed by atoms with van der Waals surface area (Å²) in [6.45, 7) is 7.62. The second-order valence-electron chi connectivity index (χ2n) is 6.92. The molecule has 2 aromatic rings. The number of hydrogen-bond acceptors (Lipinski definition) is 5. The minimum Gasteiger partial charge on any atom is -0.464 e. The molecule has 0 aliphatic carbocycles. The molecule has 1 aliphatic rings. The van der Waals surface area contributed by atoms with Crippen LogP contribution in [-0.4, -0.2) is 60.7 Å². The number of fused-ring (bicyclic) bond motifs is 1. The van der Waals surface area contributed by atoms with Crippen LogP contribution in [0.2, 0.25) is 0 Å². The van der Waals surface area contributed by atoms with Gasteiger partial charge in [-0.2, -0.15) is 0 Å². The molecule has 140 valence electrons. The SMILES string of the molecule is COC(=O)c1[nH]c2cc(C)ccc2c1NC(=O)CN1CC(C)OC(C)C1. The van der Waals surface area contributed by atoms with E-state index >= 15 is 0 Å². The van der Waals surface area contributed by atoms with E-state index in [4.69, 9.17) is 9.47 Å². The number of H-pyrrole nitrogens is 1. The van der Waals surface area contributed by atoms with Crippen LogP contribution >= 0.6 is 0 Å². The fourth-order valence-electron chi connectivity index (χ4n) is 3.49. The Kier molecular flexibility index (Phi) is 5.29. The van der Waals surface area contributed by atoms with Crippen molar-refractivity contribution in [2.24, 2.45) is 0 Å². The van der Waals surface area contributed by atoms with Gasteiger partial charge in [0, 0.05) is 24.0 Å². The number of methoxy groups -OCH3 is 1. The number of benzene rings is 1. The molecule has 2 atom stereocenters. The monoisotopic (exact) mass is 359 g/mol. The van der Waals surface area contributed by atoms with Gasteiger partial charge in [0.15, 0.2) is 0 Å². The number of amides is 1. The zero-order chi connectivity index (χ0) is 18.8. The lowest BCUT2D eigenvalue weighted by molar-refractivity contribution is -0.121. The summed E-state index contributed by atoms with van der Waals surface area (Å²) in [6.07, 6.45) is 0.182. The molecule has 1 saturated heterocycles. The predicted molar refractivity (Wildman–Crippen MR) is 99.5 cm³/mol. The van der Waals surface area contributed by atoms with E-state index < -0.39 is 5.97 Å². The lowest BCUT2D eigenvalue weighted by Gasteiger charge is -2.34. The Labute approximate surface area is 152 Å². The Hall–Kier alpha value is -2.38. The molecule has 1 fully saturated rings. The van der Waals surface area contributed by atoms with Gasteiger partial charge in [-0.05, 0) is 32.4 Å². The summed E-state index contributed by atoms with van der Waals surface area (Å²) in [5.41, 5.74) is 2.56. The zero-order valence-electron chi connectivity index (χ0n) is 15.6. The van der Waals surface area contributed by atoms with Crippen LogP contribution in [0.25, 0.3) is 10.9 Å². The summed E-state index contributed by atoms with van der Waals surface area (Å²) < 4.78 is 10.5. The van der Waals surface area contributed by atoms with Crippen LogP contribution in [0.4, 0.5) is 5.69 Å². The molecule has 3 rings (SSSR count). The number of esters is 1. The van der Waals surface area contributed by atoms with Crippen LogP contribution in [0, 0.1) is 6.92 Å².